The fourth-order valence-corrected chi connectivity index (χ4v) is 7.07. The van der Waals surface area contributed by atoms with E-state index in [1.165, 1.54) is 35.3 Å². The molecule has 0 saturated carbocycles. The van der Waals surface area contributed by atoms with Crippen molar-refractivity contribution in [2.75, 3.05) is 19.0 Å². The number of ether oxygens (including phenoxy) is 2. The quantitative estimate of drug-likeness (QED) is 0.245. The standard InChI is InChI=1S/C30H22N2O5S2/c1-36-30(35)25-21-15-14-17-8-2-3-9-18(17)26(21)39-28(25)32-24(33)16-37-29(34)20-11-5-4-10-19(20)27-31-22-12-6-7-13-23(22)38-27/h2-13H,14-16H2,1H3,(H,32,33). The van der Waals surface area contributed by atoms with E-state index in [9.17, 15) is 14.4 Å². The van der Waals surface area contributed by atoms with Gasteiger partial charge in [0, 0.05) is 10.4 Å². The average molecular weight is 555 g/mol. The van der Waals surface area contributed by atoms with Crippen LogP contribution in [-0.2, 0) is 27.1 Å². The second kappa shape index (κ2) is 10.4. The minimum atomic E-state index is -0.632. The number of hydrogen-bond acceptors (Lipinski definition) is 8. The number of fused-ring (bicyclic) bond motifs is 4. The maximum atomic E-state index is 13.0. The predicted molar refractivity (Wildman–Crippen MR) is 152 cm³/mol. The van der Waals surface area contributed by atoms with Gasteiger partial charge in [0.1, 0.15) is 10.0 Å². The van der Waals surface area contributed by atoms with E-state index >= 15 is 0 Å². The third kappa shape index (κ3) is 4.71. The smallest absolute Gasteiger partial charge is 0.341 e. The number of carbonyl (C=O) groups excluding carboxylic acids is 3. The number of thiazole rings is 1. The Balaban J connectivity index is 1.21. The summed E-state index contributed by atoms with van der Waals surface area (Å²) < 4.78 is 11.4. The lowest BCUT2D eigenvalue weighted by molar-refractivity contribution is -0.119. The molecular weight excluding hydrogens is 532 g/mol. The summed E-state index contributed by atoms with van der Waals surface area (Å²) in [5.41, 5.74) is 5.27. The lowest BCUT2D eigenvalue weighted by Gasteiger charge is -2.16. The highest BCUT2D eigenvalue weighted by molar-refractivity contribution is 7.21. The summed E-state index contributed by atoms with van der Waals surface area (Å²) in [6.07, 6.45) is 1.46. The maximum absolute atomic E-state index is 13.0. The monoisotopic (exact) mass is 554 g/mol. The number of rotatable bonds is 6. The van der Waals surface area contributed by atoms with Crippen molar-refractivity contribution in [1.29, 1.82) is 0 Å². The molecule has 0 radical (unpaired) electrons. The van der Waals surface area contributed by atoms with Gasteiger partial charge in [0.15, 0.2) is 6.61 Å². The largest absolute Gasteiger partial charge is 0.465 e. The zero-order chi connectivity index (χ0) is 26.9. The average Bonchev–Trinajstić information content (AvgIpc) is 3.57. The molecule has 7 nitrogen and oxygen atoms in total. The van der Waals surface area contributed by atoms with Crippen molar-refractivity contribution in [3.05, 3.63) is 95.1 Å². The van der Waals surface area contributed by atoms with Crippen LogP contribution in [0.25, 0.3) is 31.2 Å². The van der Waals surface area contributed by atoms with E-state index in [1.807, 2.05) is 54.6 Å². The Kier molecular flexibility index (Phi) is 6.68. The highest BCUT2D eigenvalue weighted by Gasteiger charge is 2.29. The van der Waals surface area contributed by atoms with Crippen LogP contribution in [0, 0.1) is 0 Å². The Labute approximate surface area is 232 Å². The van der Waals surface area contributed by atoms with E-state index < -0.39 is 24.5 Å². The molecule has 0 unspecified atom stereocenters. The number of anilines is 1. The fourth-order valence-electron chi connectivity index (χ4n) is 4.75. The van der Waals surface area contributed by atoms with Gasteiger partial charge in [0.05, 0.1) is 28.5 Å². The molecule has 1 aliphatic rings. The Morgan fingerprint density at radius 3 is 2.44 bits per heavy atom. The zero-order valence-electron chi connectivity index (χ0n) is 20.9. The van der Waals surface area contributed by atoms with E-state index in [-0.39, 0.29) is 0 Å². The molecular formula is C30H22N2O5S2. The van der Waals surface area contributed by atoms with Crippen LogP contribution >= 0.6 is 22.7 Å². The minimum Gasteiger partial charge on any atom is -0.465 e. The molecule has 1 aliphatic carbocycles. The van der Waals surface area contributed by atoms with E-state index in [0.717, 1.165) is 32.6 Å². The molecule has 1 N–H and O–H groups in total. The number of amides is 1. The molecule has 2 aromatic heterocycles. The van der Waals surface area contributed by atoms with E-state index in [0.29, 0.717) is 33.1 Å². The number of hydrogen-bond donors (Lipinski definition) is 1. The highest BCUT2D eigenvalue weighted by atomic mass is 32.1. The summed E-state index contributed by atoms with van der Waals surface area (Å²) in [4.78, 5) is 44.2. The second-order valence-electron chi connectivity index (χ2n) is 8.92. The Bertz CT molecular complexity index is 1720. The lowest BCUT2D eigenvalue weighted by Crippen LogP contribution is -2.22. The number of nitrogens with one attached hydrogen (secondary N) is 1. The number of aryl methyl sites for hydroxylation is 1. The summed E-state index contributed by atoms with van der Waals surface area (Å²) in [5, 5.41) is 3.86. The summed E-state index contributed by atoms with van der Waals surface area (Å²) in [5.74, 6) is -1.69. The van der Waals surface area contributed by atoms with Crippen molar-refractivity contribution < 1.29 is 23.9 Å². The molecule has 9 heteroatoms. The summed E-state index contributed by atoms with van der Waals surface area (Å²) in [6.45, 7) is -0.507. The van der Waals surface area contributed by atoms with Crippen molar-refractivity contribution in [1.82, 2.24) is 4.98 Å². The van der Waals surface area contributed by atoms with Crippen LogP contribution in [0.5, 0.6) is 0 Å². The van der Waals surface area contributed by atoms with Gasteiger partial charge >= 0.3 is 11.9 Å². The fraction of sp³-hybridized carbons (Fsp3) is 0.133. The first-order valence-electron chi connectivity index (χ1n) is 12.3. The first-order valence-corrected chi connectivity index (χ1v) is 13.9. The van der Waals surface area contributed by atoms with Crippen LogP contribution < -0.4 is 5.32 Å². The van der Waals surface area contributed by atoms with Gasteiger partial charge in [0.25, 0.3) is 5.91 Å². The number of aromatic nitrogens is 1. The van der Waals surface area contributed by atoms with E-state index in [1.54, 1.807) is 12.1 Å². The summed E-state index contributed by atoms with van der Waals surface area (Å²) in [6, 6.07) is 22.8. The van der Waals surface area contributed by atoms with Gasteiger partial charge in [-0.25, -0.2) is 14.6 Å². The summed E-state index contributed by atoms with van der Waals surface area (Å²) >= 11 is 2.81. The van der Waals surface area contributed by atoms with Crippen molar-refractivity contribution in [2.45, 2.75) is 12.8 Å². The van der Waals surface area contributed by atoms with Crippen LogP contribution in [0.1, 0.15) is 31.8 Å². The SMILES string of the molecule is COC(=O)c1c(NC(=O)COC(=O)c2ccccc2-c2nc3ccccc3s2)sc2c1CCc1ccccc1-2. The molecule has 39 heavy (non-hydrogen) atoms. The van der Waals surface area contributed by atoms with Crippen molar-refractivity contribution >= 4 is 55.7 Å². The van der Waals surface area contributed by atoms with Gasteiger partial charge in [-0.3, -0.25) is 4.79 Å². The van der Waals surface area contributed by atoms with E-state index in [2.05, 4.69) is 16.4 Å². The Morgan fingerprint density at radius 1 is 0.872 bits per heavy atom. The van der Waals surface area contributed by atoms with Gasteiger partial charge in [0.2, 0.25) is 0 Å². The van der Waals surface area contributed by atoms with Crippen molar-refractivity contribution in [2.24, 2.45) is 0 Å². The molecule has 194 valence electrons. The van der Waals surface area contributed by atoms with Crippen LogP contribution in [0.2, 0.25) is 0 Å². The topological polar surface area (TPSA) is 94.6 Å². The summed E-state index contributed by atoms with van der Waals surface area (Å²) in [7, 11) is 1.32. The maximum Gasteiger partial charge on any atom is 0.341 e. The predicted octanol–water partition coefficient (Wildman–Crippen LogP) is 6.37. The zero-order valence-corrected chi connectivity index (χ0v) is 22.5. The normalized spacial score (nSPS) is 11.9. The number of thiophene rings is 1. The van der Waals surface area contributed by atoms with Crippen molar-refractivity contribution in [3.8, 4) is 21.0 Å². The molecule has 6 rings (SSSR count). The molecule has 5 aromatic rings. The number of methoxy groups -OCH3 is 1. The molecule has 0 bridgehead atoms. The number of benzene rings is 3. The molecule has 0 spiro atoms. The highest BCUT2D eigenvalue weighted by Crippen LogP contribution is 2.45. The lowest BCUT2D eigenvalue weighted by atomic mass is 9.89. The van der Waals surface area contributed by atoms with Crippen molar-refractivity contribution in [3.63, 3.8) is 0 Å². The third-order valence-corrected chi connectivity index (χ3v) is 8.81. The molecule has 0 saturated heterocycles. The van der Waals surface area contributed by atoms with Gasteiger partial charge in [-0.05, 0) is 47.7 Å². The van der Waals surface area contributed by atoms with Crippen LogP contribution in [0.15, 0.2) is 72.8 Å². The first kappa shape index (κ1) is 25.0. The number of para-hydroxylation sites is 1. The van der Waals surface area contributed by atoms with Gasteiger partial charge < -0.3 is 14.8 Å². The van der Waals surface area contributed by atoms with Crippen LogP contribution in [-0.4, -0.2) is 36.5 Å². The third-order valence-electron chi connectivity index (χ3n) is 6.56. The molecule has 3 aromatic carbocycles. The molecule has 2 heterocycles. The van der Waals surface area contributed by atoms with Crippen LogP contribution in [0.4, 0.5) is 5.00 Å². The van der Waals surface area contributed by atoms with Gasteiger partial charge in [-0.1, -0.05) is 54.6 Å². The molecule has 0 aliphatic heterocycles. The number of nitrogens with zero attached hydrogens (tertiary/aromatic N) is 1. The number of carbonyl (C=O) groups is 3. The molecule has 1 amide bonds. The molecule has 0 atom stereocenters. The first-order chi connectivity index (χ1) is 19.0. The number of esters is 2. The molecule has 0 fully saturated rings. The van der Waals surface area contributed by atoms with E-state index in [4.69, 9.17) is 9.47 Å². The minimum absolute atomic E-state index is 0.322. The Morgan fingerprint density at radius 2 is 1.62 bits per heavy atom. The second-order valence-corrected chi connectivity index (χ2v) is 11.0. The van der Waals surface area contributed by atoms with Crippen LogP contribution in [0.3, 0.4) is 0 Å². The Hall–Kier alpha value is -4.34. The van der Waals surface area contributed by atoms with Gasteiger partial charge in [-0.2, -0.15) is 0 Å². The van der Waals surface area contributed by atoms with Gasteiger partial charge in [-0.15, -0.1) is 22.7 Å².